The second-order valence-electron chi connectivity index (χ2n) is 6.30. The summed E-state index contributed by atoms with van der Waals surface area (Å²) in [5.74, 6) is -0.469. The molecule has 1 N–H and O–H groups in total. The van der Waals surface area contributed by atoms with E-state index in [0.717, 1.165) is 27.3 Å². The fraction of sp³-hybridized carbons (Fsp3) is 0.222. The van der Waals surface area contributed by atoms with Gasteiger partial charge in [0.25, 0.3) is 5.56 Å². The molecule has 3 rings (SSSR count). The largest absolute Gasteiger partial charge is 0.416 e. The smallest absolute Gasteiger partial charge is 0.309 e. The Morgan fingerprint density at radius 2 is 1.90 bits per heavy atom. The molecular formula is C18H16F3N5O3. The van der Waals surface area contributed by atoms with E-state index in [-0.39, 0.29) is 18.1 Å². The maximum Gasteiger partial charge on any atom is 0.416 e. The molecule has 8 nitrogen and oxygen atoms in total. The van der Waals surface area contributed by atoms with Crippen molar-refractivity contribution in [2.45, 2.75) is 19.6 Å². The van der Waals surface area contributed by atoms with Crippen molar-refractivity contribution < 1.29 is 18.0 Å². The molecule has 152 valence electrons. The Morgan fingerprint density at radius 1 is 1.17 bits per heavy atom. The Hall–Kier alpha value is -3.63. The lowest BCUT2D eigenvalue weighted by Crippen LogP contribution is -2.39. The van der Waals surface area contributed by atoms with Crippen LogP contribution in [-0.2, 0) is 24.6 Å². The fourth-order valence-corrected chi connectivity index (χ4v) is 2.67. The quantitative estimate of drug-likeness (QED) is 0.713. The normalized spacial score (nSPS) is 11.5. The lowest BCUT2D eigenvalue weighted by molar-refractivity contribution is -0.137. The molecule has 0 aliphatic rings. The zero-order valence-electron chi connectivity index (χ0n) is 15.4. The average molecular weight is 407 g/mol. The van der Waals surface area contributed by atoms with Gasteiger partial charge >= 0.3 is 11.9 Å². The highest BCUT2D eigenvalue weighted by Gasteiger charge is 2.30. The molecule has 3 aromatic rings. The molecule has 2 heterocycles. The van der Waals surface area contributed by atoms with Crippen molar-refractivity contribution in [2.24, 2.45) is 7.05 Å². The summed E-state index contributed by atoms with van der Waals surface area (Å²) in [6.45, 7) is 1.23. The van der Waals surface area contributed by atoms with Crippen LogP contribution in [0.4, 0.5) is 19.0 Å². The predicted octanol–water partition coefficient (Wildman–Crippen LogP) is 1.70. The van der Waals surface area contributed by atoms with Gasteiger partial charge in [-0.3, -0.25) is 18.7 Å². The first-order chi connectivity index (χ1) is 13.6. The van der Waals surface area contributed by atoms with Crippen LogP contribution in [0.15, 0.2) is 52.2 Å². The highest BCUT2D eigenvalue weighted by molar-refractivity contribution is 5.90. The first kappa shape index (κ1) is 20.1. The Kier molecular flexibility index (Phi) is 5.14. The van der Waals surface area contributed by atoms with E-state index in [1.807, 2.05) is 0 Å². The van der Waals surface area contributed by atoms with Crippen LogP contribution in [0, 0.1) is 6.92 Å². The van der Waals surface area contributed by atoms with Crippen LogP contribution in [0.3, 0.4) is 0 Å². The second-order valence-corrected chi connectivity index (χ2v) is 6.30. The lowest BCUT2D eigenvalue weighted by atomic mass is 10.2. The molecule has 1 aromatic carbocycles. The third kappa shape index (κ3) is 4.28. The average Bonchev–Trinajstić information content (AvgIpc) is 3.01. The van der Waals surface area contributed by atoms with Gasteiger partial charge in [0.1, 0.15) is 12.4 Å². The molecule has 2 aromatic heterocycles. The molecule has 1 amide bonds. The van der Waals surface area contributed by atoms with Gasteiger partial charge in [-0.1, -0.05) is 6.07 Å². The molecule has 0 aliphatic carbocycles. The third-order valence-electron chi connectivity index (χ3n) is 4.09. The van der Waals surface area contributed by atoms with Crippen LogP contribution >= 0.6 is 0 Å². The summed E-state index contributed by atoms with van der Waals surface area (Å²) in [5, 5.41) is 6.66. The van der Waals surface area contributed by atoms with E-state index >= 15 is 0 Å². The van der Waals surface area contributed by atoms with E-state index in [4.69, 9.17) is 0 Å². The van der Waals surface area contributed by atoms with Crippen LogP contribution in [0.25, 0.3) is 5.69 Å². The number of anilines is 1. The van der Waals surface area contributed by atoms with Crippen molar-refractivity contribution in [2.75, 3.05) is 5.32 Å². The third-order valence-corrected chi connectivity index (χ3v) is 4.09. The van der Waals surface area contributed by atoms with Crippen LogP contribution in [0.5, 0.6) is 0 Å². The molecule has 29 heavy (non-hydrogen) atoms. The molecule has 0 saturated carbocycles. The molecule has 0 atom stereocenters. The number of amides is 1. The highest BCUT2D eigenvalue weighted by Crippen LogP contribution is 2.31. The topological polar surface area (TPSA) is 90.9 Å². The summed E-state index contributed by atoms with van der Waals surface area (Å²) < 4.78 is 42.0. The Morgan fingerprint density at radius 3 is 2.59 bits per heavy atom. The molecule has 11 heteroatoms. The molecule has 0 radical (unpaired) electrons. The molecule has 0 saturated heterocycles. The van der Waals surface area contributed by atoms with Gasteiger partial charge in [-0.2, -0.15) is 18.3 Å². The molecule has 0 unspecified atom stereocenters. The summed E-state index contributed by atoms with van der Waals surface area (Å²) in [7, 11) is 1.28. The van der Waals surface area contributed by atoms with Gasteiger partial charge in [0.15, 0.2) is 0 Å². The summed E-state index contributed by atoms with van der Waals surface area (Å²) in [5.41, 5.74) is -1.45. The zero-order chi connectivity index (χ0) is 21.3. The number of alkyl halides is 3. The first-order valence-electron chi connectivity index (χ1n) is 8.37. The lowest BCUT2D eigenvalue weighted by Gasteiger charge is -2.12. The van der Waals surface area contributed by atoms with E-state index in [1.165, 1.54) is 36.1 Å². The Balaban J connectivity index is 1.89. The van der Waals surface area contributed by atoms with Crippen molar-refractivity contribution in [3.05, 3.63) is 74.7 Å². The minimum atomic E-state index is -4.52. The highest BCUT2D eigenvalue weighted by atomic mass is 19.4. The van der Waals surface area contributed by atoms with E-state index < -0.39 is 28.9 Å². The molecule has 0 bridgehead atoms. The first-order valence-corrected chi connectivity index (χ1v) is 8.37. The SMILES string of the molecule is Cc1cc(NC(=O)Cn2ccc(=O)n(C)c2=O)n(-c2cccc(C(F)(F)F)c2)n1. The van der Waals surface area contributed by atoms with E-state index in [9.17, 15) is 27.6 Å². The maximum atomic E-state index is 13.0. The van der Waals surface area contributed by atoms with Crippen molar-refractivity contribution >= 4 is 11.7 Å². The molecule has 0 aliphatic heterocycles. The number of carbonyl (C=O) groups is 1. The number of nitrogens with zero attached hydrogens (tertiary/aromatic N) is 4. The monoisotopic (exact) mass is 407 g/mol. The number of aryl methyl sites for hydroxylation is 1. The minimum absolute atomic E-state index is 0.113. The fourth-order valence-electron chi connectivity index (χ4n) is 2.67. The number of rotatable bonds is 4. The zero-order valence-corrected chi connectivity index (χ0v) is 15.4. The van der Waals surface area contributed by atoms with Gasteiger partial charge in [-0.05, 0) is 25.1 Å². The number of nitrogens with one attached hydrogen (secondary N) is 1. The number of hydrogen-bond acceptors (Lipinski definition) is 4. The number of benzene rings is 1. The van der Waals surface area contributed by atoms with Crippen LogP contribution in [0.1, 0.15) is 11.3 Å². The van der Waals surface area contributed by atoms with Gasteiger partial charge in [0.05, 0.1) is 16.9 Å². The van der Waals surface area contributed by atoms with Crippen molar-refractivity contribution in [1.82, 2.24) is 18.9 Å². The van der Waals surface area contributed by atoms with Crippen LogP contribution < -0.4 is 16.6 Å². The van der Waals surface area contributed by atoms with Crippen LogP contribution in [0.2, 0.25) is 0 Å². The molecule has 0 spiro atoms. The summed E-state index contributed by atoms with van der Waals surface area (Å²) >= 11 is 0. The predicted molar refractivity (Wildman–Crippen MR) is 97.9 cm³/mol. The van der Waals surface area contributed by atoms with Crippen molar-refractivity contribution in [3.63, 3.8) is 0 Å². The maximum absolute atomic E-state index is 13.0. The molecule has 0 fully saturated rings. The summed E-state index contributed by atoms with van der Waals surface area (Å²) in [6, 6.07) is 7.15. The Bertz CT molecular complexity index is 1190. The van der Waals surface area contributed by atoms with Gasteiger partial charge < -0.3 is 5.32 Å². The standard InChI is InChI=1S/C18H16F3N5O3/c1-11-8-14(22-15(27)10-25-7-6-16(28)24(2)17(25)29)26(23-11)13-5-3-4-12(9-13)18(19,20)21/h3-9H,10H2,1-2H3,(H,22,27). The van der Waals surface area contributed by atoms with Crippen molar-refractivity contribution in [1.29, 1.82) is 0 Å². The van der Waals surface area contributed by atoms with Gasteiger partial charge in [0, 0.05) is 25.4 Å². The number of hydrogen-bond donors (Lipinski definition) is 1. The number of carbonyl (C=O) groups excluding carboxylic acids is 1. The van der Waals surface area contributed by atoms with Gasteiger partial charge in [-0.15, -0.1) is 0 Å². The second kappa shape index (κ2) is 7.41. The van der Waals surface area contributed by atoms with E-state index in [2.05, 4.69) is 10.4 Å². The number of halogens is 3. The van der Waals surface area contributed by atoms with Gasteiger partial charge in [-0.25, -0.2) is 9.48 Å². The van der Waals surface area contributed by atoms with Gasteiger partial charge in [0.2, 0.25) is 5.91 Å². The van der Waals surface area contributed by atoms with Crippen LogP contribution in [-0.4, -0.2) is 24.8 Å². The summed E-state index contributed by atoms with van der Waals surface area (Å²) in [6.07, 6.45) is -3.33. The van der Waals surface area contributed by atoms with E-state index in [1.54, 1.807) is 6.92 Å². The molecular weight excluding hydrogens is 391 g/mol. The minimum Gasteiger partial charge on any atom is -0.309 e. The number of aromatic nitrogens is 4. The van der Waals surface area contributed by atoms with Crippen molar-refractivity contribution in [3.8, 4) is 5.69 Å². The van der Waals surface area contributed by atoms with E-state index in [0.29, 0.717) is 5.69 Å². The summed E-state index contributed by atoms with van der Waals surface area (Å²) in [4.78, 5) is 35.8. The Labute approximate surface area is 161 Å².